The first-order valence-electron chi connectivity index (χ1n) is 14.1. The minimum absolute atomic E-state index is 0.0167. The Morgan fingerprint density at radius 3 is 2.63 bits per heavy atom. The van der Waals surface area contributed by atoms with E-state index in [1.807, 2.05) is 26.1 Å². The number of aliphatic hydroxyl groups is 1. The Morgan fingerprint density at radius 1 is 1.17 bits per heavy atom. The summed E-state index contributed by atoms with van der Waals surface area (Å²) >= 11 is 12.3. The van der Waals surface area contributed by atoms with Crippen molar-refractivity contribution in [3.63, 3.8) is 0 Å². The monoisotopic (exact) mass is 606 g/mol. The van der Waals surface area contributed by atoms with E-state index >= 15 is 0 Å². The van der Waals surface area contributed by atoms with Crippen LogP contribution in [0.3, 0.4) is 0 Å². The average molecular weight is 608 g/mol. The van der Waals surface area contributed by atoms with Crippen LogP contribution in [0.25, 0.3) is 0 Å². The quantitative estimate of drug-likeness (QED) is 0.422. The number of amides is 2. The van der Waals surface area contributed by atoms with E-state index in [0.717, 1.165) is 18.7 Å². The van der Waals surface area contributed by atoms with E-state index in [1.165, 1.54) is 0 Å². The van der Waals surface area contributed by atoms with Gasteiger partial charge in [0.15, 0.2) is 0 Å². The highest BCUT2D eigenvalue weighted by atomic mass is 35.5. The zero-order chi connectivity index (χ0) is 29.5. The van der Waals surface area contributed by atoms with Crippen molar-refractivity contribution in [2.75, 3.05) is 64.9 Å². The van der Waals surface area contributed by atoms with Crippen molar-refractivity contribution in [3.05, 3.63) is 57.6 Å². The molecule has 224 valence electrons. The highest BCUT2D eigenvalue weighted by molar-refractivity contribution is 6.42. The molecule has 0 bridgehead atoms. The number of benzene rings is 2. The Bertz CT molecular complexity index is 1210. The first-order valence-corrected chi connectivity index (χ1v) is 14.8. The molecule has 0 unspecified atom stereocenters. The number of carbonyl (C=O) groups is 2. The summed E-state index contributed by atoms with van der Waals surface area (Å²) in [5.41, 5.74) is 1.92. The predicted molar refractivity (Wildman–Crippen MR) is 161 cm³/mol. The summed E-state index contributed by atoms with van der Waals surface area (Å²) in [4.78, 5) is 32.5. The predicted octanol–water partition coefficient (Wildman–Crippen LogP) is 4.01. The Labute approximate surface area is 252 Å². The molecular weight excluding hydrogens is 567 g/mol. The second-order valence-corrected chi connectivity index (χ2v) is 11.8. The Morgan fingerprint density at radius 2 is 1.93 bits per heavy atom. The highest BCUT2D eigenvalue weighted by Crippen LogP contribution is 2.31. The Kier molecular flexibility index (Phi) is 11.3. The van der Waals surface area contributed by atoms with Crippen LogP contribution in [0.2, 0.25) is 10.0 Å². The summed E-state index contributed by atoms with van der Waals surface area (Å²) in [5.74, 6) is 0.0833. The van der Waals surface area contributed by atoms with Crippen LogP contribution in [0.1, 0.15) is 36.2 Å². The number of hydrogen-bond acceptors (Lipinski definition) is 7. The Hall–Kier alpha value is -2.40. The van der Waals surface area contributed by atoms with Crippen molar-refractivity contribution in [1.82, 2.24) is 14.7 Å². The van der Waals surface area contributed by atoms with Crippen LogP contribution in [0.4, 0.5) is 5.69 Å². The molecule has 0 aromatic heterocycles. The molecule has 9 nitrogen and oxygen atoms in total. The first kappa shape index (κ1) is 31.5. The summed E-state index contributed by atoms with van der Waals surface area (Å²) < 4.78 is 11.9. The van der Waals surface area contributed by atoms with Crippen molar-refractivity contribution >= 4 is 40.7 Å². The number of halogens is 2. The number of nitrogens with one attached hydrogen (secondary N) is 1. The fourth-order valence-electron chi connectivity index (χ4n) is 5.15. The number of nitrogens with zero attached hydrogens (tertiary/aromatic N) is 3. The number of fused-ring (bicyclic) bond motifs is 1. The van der Waals surface area contributed by atoms with Crippen LogP contribution in [0, 0.1) is 5.92 Å². The van der Waals surface area contributed by atoms with E-state index in [0.29, 0.717) is 72.9 Å². The maximum absolute atomic E-state index is 13.7. The molecule has 0 aliphatic carbocycles. The average Bonchev–Trinajstić information content (AvgIpc) is 2.96. The second-order valence-electron chi connectivity index (χ2n) is 11.0. The minimum atomic E-state index is -0.378. The van der Waals surface area contributed by atoms with E-state index in [2.05, 4.69) is 22.0 Å². The molecule has 2 aromatic carbocycles. The largest absolute Gasteiger partial charge is 0.488 e. The van der Waals surface area contributed by atoms with Crippen molar-refractivity contribution in [3.8, 4) is 5.75 Å². The van der Waals surface area contributed by atoms with Crippen LogP contribution in [-0.4, -0.2) is 103 Å². The summed E-state index contributed by atoms with van der Waals surface area (Å²) in [6.07, 6.45) is 0.108. The molecule has 3 atom stereocenters. The third-order valence-electron chi connectivity index (χ3n) is 7.64. The SMILES string of the molecule is C[C@@H]1CN([C@H](C)CO)C(=O)c2cc(NC(=O)CCN3CCOCC3)ccc2O[C@@H]1CN(C)Cc1ccc(Cl)c(Cl)c1. The number of anilines is 1. The van der Waals surface area contributed by atoms with Gasteiger partial charge >= 0.3 is 0 Å². The molecule has 2 aliphatic heterocycles. The van der Waals surface area contributed by atoms with Gasteiger partial charge in [0.2, 0.25) is 5.91 Å². The van der Waals surface area contributed by atoms with Gasteiger partial charge in [-0.2, -0.15) is 0 Å². The fourth-order valence-corrected chi connectivity index (χ4v) is 5.47. The molecule has 2 N–H and O–H groups in total. The zero-order valence-electron chi connectivity index (χ0n) is 23.9. The lowest BCUT2D eigenvalue weighted by Crippen LogP contribution is -2.49. The standard InChI is InChI=1S/C30H40Cl2N4O5/c1-20-16-36(21(2)19-37)30(39)24-15-23(33-29(38)8-9-35-10-12-40-13-11-35)5-7-27(24)41-28(20)18-34(3)17-22-4-6-25(31)26(32)14-22/h4-7,14-15,20-21,28,37H,8-13,16-19H2,1-3H3,(H,33,38)/t20-,21-,28-/m1/s1. The van der Waals surface area contributed by atoms with Crippen LogP contribution < -0.4 is 10.1 Å². The van der Waals surface area contributed by atoms with E-state index < -0.39 is 0 Å². The van der Waals surface area contributed by atoms with Crippen LogP contribution in [0.15, 0.2) is 36.4 Å². The molecule has 2 aliphatic rings. The lowest BCUT2D eigenvalue weighted by Gasteiger charge is -2.38. The summed E-state index contributed by atoms with van der Waals surface area (Å²) in [6, 6.07) is 10.4. The van der Waals surface area contributed by atoms with Gasteiger partial charge in [-0.15, -0.1) is 0 Å². The topological polar surface area (TPSA) is 94.6 Å². The normalized spacial score (nSPS) is 20.7. The van der Waals surface area contributed by atoms with Gasteiger partial charge in [0, 0.05) is 57.3 Å². The molecular formula is C30H40Cl2N4O5. The third kappa shape index (κ3) is 8.56. The lowest BCUT2D eigenvalue weighted by atomic mass is 9.99. The number of rotatable bonds is 10. The first-order chi connectivity index (χ1) is 19.6. The molecule has 0 saturated carbocycles. The summed E-state index contributed by atoms with van der Waals surface area (Å²) in [5, 5.41) is 13.9. The molecule has 1 fully saturated rings. The minimum Gasteiger partial charge on any atom is -0.488 e. The van der Waals surface area contributed by atoms with Gasteiger partial charge in [0.05, 0.1) is 41.5 Å². The van der Waals surface area contributed by atoms with Crippen LogP contribution >= 0.6 is 23.2 Å². The van der Waals surface area contributed by atoms with Gasteiger partial charge in [-0.25, -0.2) is 0 Å². The molecule has 2 heterocycles. The molecule has 41 heavy (non-hydrogen) atoms. The van der Waals surface area contributed by atoms with Crippen molar-refractivity contribution < 1.29 is 24.2 Å². The van der Waals surface area contributed by atoms with Gasteiger partial charge in [-0.3, -0.25) is 19.4 Å². The van der Waals surface area contributed by atoms with Gasteiger partial charge in [0.25, 0.3) is 5.91 Å². The highest BCUT2D eigenvalue weighted by Gasteiger charge is 2.33. The second kappa shape index (κ2) is 14.7. The van der Waals surface area contributed by atoms with Crippen molar-refractivity contribution in [2.45, 2.75) is 39.0 Å². The smallest absolute Gasteiger partial charge is 0.258 e. The lowest BCUT2D eigenvalue weighted by molar-refractivity contribution is -0.116. The number of ether oxygens (including phenoxy) is 2. The molecule has 0 radical (unpaired) electrons. The maximum atomic E-state index is 13.7. The van der Waals surface area contributed by atoms with Gasteiger partial charge in [-0.05, 0) is 49.9 Å². The van der Waals surface area contributed by atoms with Crippen LogP contribution in [-0.2, 0) is 16.1 Å². The zero-order valence-corrected chi connectivity index (χ0v) is 25.5. The number of carbonyl (C=O) groups excluding carboxylic acids is 2. The third-order valence-corrected chi connectivity index (χ3v) is 8.37. The Balaban J connectivity index is 1.50. The molecule has 11 heteroatoms. The number of morpholine rings is 1. The summed E-state index contributed by atoms with van der Waals surface area (Å²) in [6.45, 7) is 9.03. The van der Waals surface area contributed by atoms with Crippen molar-refractivity contribution in [2.24, 2.45) is 5.92 Å². The molecule has 1 saturated heterocycles. The summed E-state index contributed by atoms with van der Waals surface area (Å²) in [7, 11) is 2.01. The molecule has 0 spiro atoms. The maximum Gasteiger partial charge on any atom is 0.258 e. The number of hydrogen-bond donors (Lipinski definition) is 2. The fraction of sp³-hybridized carbons (Fsp3) is 0.533. The van der Waals surface area contributed by atoms with Crippen LogP contribution in [0.5, 0.6) is 5.75 Å². The number of aliphatic hydroxyl groups excluding tert-OH is 1. The number of likely N-dealkylation sites (N-methyl/N-ethyl adjacent to an activating group) is 1. The van der Waals surface area contributed by atoms with E-state index in [4.69, 9.17) is 32.7 Å². The van der Waals surface area contributed by atoms with E-state index in [1.54, 1.807) is 29.2 Å². The van der Waals surface area contributed by atoms with Gasteiger partial charge in [-0.1, -0.05) is 36.2 Å². The molecule has 2 amide bonds. The van der Waals surface area contributed by atoms with Crippen molar-refractivity contribution in [1.29, 1.82) is 0 Å². The van der Waals surface area contributed by atoms with Gasteiger partial charge < -0.3 is 24.8 Å². The molecule has 4 rings (SSSR count). The molecule has 2 aromatic rings. The van der Waals surface area contributed by atoms with E-state index in [-0.39, 0.29) is 36.5 Å². The van der Waals surface area contributed by atoms with E-state index in [9.17, 15) is 14.7 Å². The van der Waals surface area contributed by atoms with Gasteiger partial charge in [0.1, 0.15) is 11.9 Å².